The molecule has 0 N–H and O–H groups in total. The van der Waals surface area contributed by atoms with Crippen LogP contribution in [0, 0.1) is 10.1 Å². The minimum atomic E-state index is -0.418. The van der Waals surface area contributed by atoms with Crippen LogP contribution < -0.4 is 5.01 Å². The molecule has 32 heavy (non-hydrogen) atoms. The van der Waals surface area contributed by atoms with Crippen molar-refractivity contribution >= 4 is 17.3 Å². The first-order valence-electron chi connectivity index (χ1n) is 10.0. The van der Waals surface area contributed by atoms with Crippen LogP contribution >= 0.6 is 0 Å². The summed E-state index contributed by atoms with van der Waals surface area (Å²) in [6.45, 7) is 1.80. The fourth-order valence-electron chi connectivity index (χ4n) is 3.26. The molecule has 1 aromatic heterocycles. The van der Waals surface area contributed by atoms with E-state index in [4.69, 9.17) is 9.97 Å². The van der Waals surface area contributed by atoms with Crippen molar-refractivity contribution in [1.82, 2.24) is 9.97 Å². The number of benzene rings is 3. The first-order chi connectivity index (χ1) is 15.5. The molecule has 0 saturated heterocycles. The smallest absolute Gasteiger partial charge is 0.258 e. The number of anilines is 1. The number of nitrogens with zero attached hydrogens (tertiary/aromatic N) is 5. The van der Waals surface area contributed by atoms with Crippen LogP contribution in [0.2, 0.25) is 0 Å². The van der Waals surface area contributed by atoms with Gasteiger partial charge in [-0.2, -0.15) is 5.10 Å². The topological polar surface area (TPSA) is 84.5 Å². The van der Waals surface area contributed by atoms with E-state index in [1.165, 1.54) is 12.1 Å². The SMILES string of the molecule is C/C(=N/N(C)c1nc(-c2ccccc2)cc(-c2ccccc2)n1)c1cccc([N+](=O)[O-])c1. The highest BCUT2D eigenvalue weighted by molar-refractivity contribution is 5.99. The van der Waals surface area contributed by atoms with Gasteiger partial charge in [0, 0.05) is 35.9 Å². The van der Waals surface area contributed by atoms with Crippen molar-refractivity contribution in [3.05, 3.63) is 107 Å². The van der Waals surface area contributed by atoms with Gasteiger partial charge in [-0.25, -0.2) is 15.0 Å². The maximum absolute atomic E-state index is 11.1. The molecule has 4 rings (SSSR count). The van der Waals surface area contributed by atoms with Crippen molar-refractivity contribution in [2.75, 3.05) is 12.1 Å². The molecule has 0 atom stereocenters. The highest BCUT2D eigenvalue weighted by Crippen LogP contribution is 2.26. The zero-order valence-electron chi connectivity index (χ0n) is 17.7. The van der Waals surface area contributed by atoms with Crippen LogP contribution in [0.4, 0.5) is 11.6 Å². The number of non-ortho nitro benzene ring substituents is 1. The van der Waals surface area contributed by atoms with Gasteiger partial charge in [0.05, 0.1) is 22.0 Å². The average molecular weight is 423 g/mol. The lowest BCUT2D eigenvalue weighted by atomic mass is 10.1. The molecular weight excluding hydrogens is 402 g/mol. The lowest BCUT2D eigenvalue weighted by Crippen LogP contribution is -2.16. The van der Waals surface area contributed by atoms with Gasteiger partial charge >= 0.3 is 0 Å². The average Bonchev–Trinajstić information content (AvgIpc) is 2.85. The molecule has 0 saturated carbocycles. The molecule has 0 aliphatic heterocycles. The fraction of sp³-hybridized carbons (Fsp3) is 0.0800. The largest absolute Gasteiger partial charge is 0.270 e. The molecule has 0 aliphatic rings. The van der Waals surface area contributed by atoms with Crippen molar-refractivity contribution in [1.29, 1.82) is 0 Å². The van der Waals surface area contributed by atoms with E-state index in [1.54, 1.807) is 31.1 Å². The second-order valence-electron chi connectivity index (χ2n) is 7.19. The monoisotopic (exact) mass is 423 g/mol. The summed E-state index contributed by atoms with van der Waals surface area (Å²) in [4.78, 5) is 20.1. The molecule has 0 aliphatic carbocycles. The summed E-state index contributed by atoms with van der Waals surface area (Å²) < 4.78 is 0. The third kappa shape index (κ3) is 4.67. The van der Waals surface area contributed by atoms with Gasteiger partial charge in [0.25, 0.3) is 5.69 Å². The predicted octanol–water partition coefficient (Wildman–Crippen LogP) is 5.58. The summed E-state index contributed by atoms with van der Waals surface area (Å²) in [6.07, 6.45) is 0. The summed E-state index contributed by atoms with van der Waals surface area (Å²) in [5.41, 5.74) is 4.81. The van der Waals surface area contributed by atoms with E-state index in [-0.39, 0.29) is 5.69 Å². The highest BCUT2D eigenvalue weighted by atomic mass is 16.6. The number of nitro benzene ring substituents is 1. The summed E-state index contributed by atoms with van der Waals surface area (Å²) >= 11 is 0. The van der Waals surface area contributed by atoms with Crippen molar-refractivity contribution in [3.8, 4) is 22.5 Å². The molecule has 3 aromatic carbocycles. The van der Waals surface area contributed by atoms with Gasteiger partial charge in [-0.1, -0.05) is 72.8 Å². The minimum absolute atomic E-state index is 0.0217. The molecule has 0 unspecified atom stereocenters. The molecule has 7 heteroatoms. The third-order valence-corrected chi connectivity index (χ3v) is 4.92. The Morgan fingerprint density at radius 2 is 1.41 bits per heavy atom. The molecule has 0 fully saturated rings. The first kappa shape index (κ1) is 20.9. The Bertz CT molecular complexity index is 1220. The van der Waals surface area contributed by atoms with Gasteiger partial charge in [0.15, 0.2) is 0 Å². The van der Waals surface area contributed by atoms with Gasteiger partial charge in [0.2, 0.25) is 5.95 Å². The Hall–Kier alpha value is -4.39. The number of aromatic nitrogens is 2. The van der Waals surface area contributed by atoms with Crippen LogP contribution in [0.5, 0.6) is 0 Å². The molecule has 0 bridgehead atoms. The maximum atomic E-state index is 11.1. The van der Waals surface area contributed by atoms with Crippen LogP contribution in [0.1, 0.15) is 12.5 Å². The Morgan fingerprint density at radius 1 is 0.844 bits per heavy atom. The van der Waals surface area contributed by atoms with Gasteiger partial charge in [-0.05, 0) is 13.0 Å². The zero-order chi connectivity index (χ0) is 22.5. The Morgan fingerprint density at radius 3 is 1.94 bits per heavy atom. The van der Waals surface area contributed by atoms with Crippen molar-refractivity contribution < 1.29 is 4.92 Å². The second-order valence-corrected chi connectivity index (χ2v) is 7.19. The van der Waals surface area contributed by atoms with E-state index >= 15 is 0 Å². The van der Waals surface area contributed by atoms with Crippen LogP contribution in [-0.2, 0) is 0 Å². The van der Waals surface area contributed by atoms with E-state index in [2.05, 4.69) is 5.10 Å². The summed E-state index contributed by atoms with van der Waals surface area (Å²) in [5, 5.41) is 17.3. The molecule has 4 aromatic rings. The standard InChI is InChI=1S/C25H21N5O2/c1-18(21-14-9-15-22(16-21)30(31)32)28-29(2)25-26-23(19-10-5-3-6-11-19)17-24(27-25)20-12-7-4-8-13-20/h3-17H,1-2H3/b28-18-. The van der Waals surface area contributed by atoms with Crippen LogP contribution in [0.15, 0.2) is 96.1 Å². The van der Waals surface area contributed by atoms with E-state index in [0.717, 1.165) is 22.5 Å². The van der Waals surface area contributed by atoms with Gasteiger partial charge < -0.3 is 0 Å². The van der Waals surface area contributed by atoms with E-state index in [9.17, 15) is 10.1 Å². The summed E-state index contributed by atoms with van der Waals surface area (Å²) in [6, 6.07) is 28.1. The van der Waals surface area contributed by atoms with Gasteiger partial charge in [0.1, 0.15) is 0 Å². The van der Waals surface area contributed by atoms with Crippen LogP contribution in [0.25, 0.3) is 22.5 Å². The van der Waals surface area contributed by atoms with Crippen LogP contribution in [-0.4, -0.2) is 27.7 Å². The summed E-state index contributed by atoms with van der Waals surface area (Å²) in [7, 11) is 1.76. The molecule has 1 heterocycles. The predicted molar refractivity (Wildman–Crippen MR) is 127 cm³/mol. The Kier molecular flexibility index (Phi) is 5.98. The minimum Gasteiger partial charge on any atom is -0.258 e. The number of rotatable bonds is 6. The maximum Gasteiger partial charge on any atom is 0.270 e. The van der Waals surface area contributed by atoms with Crippen molar-refractivity contribution in [3.63, 3.8) is 0 Å². The number of hydrogen-bond acceptors (Lipinski definition) is 6. The Balaban J connectivity index is 1.75. The number of hydrogen-bond donors (Lipinski definition) is 0. The lowest BCUT2D eigenvalue weighted by Gasteiger charge is -2.15. The van der Waals surface area contributed by atoms with E-state index in [1.807, 2.05) is 66.7 Å². The molecule has 0 radical (unpaired) electrons. The lowest BCUT2D eigenvalue weighted by molar-refractivity contribution is -0.384. The molecule has 7 nitrogen and oxygen atoms in total. The molecular formula is C25H21N5O2. The normalized spacial score (nSPS) is 11.2. The van der Waals surface area contributed by atoms with Gasteiger partial charge in [-0.15, -0.1) is 0 Å². The third-order valence-electron chi connectivity index (χ3n) is 4.92. The number of nitro groups is 1. The fourth-order valence-corrected chi connectivity index (χ4v) is 3.26. The molecule has 0 amide bonds. The van der Waals surface area contributed by atoms with Crippen molar-refractivity contribution in [2.24, 2.45) is 5.10 Å². The highest BCUT2D eigenvalue weighted by Gasteiger charge is 2.13. The zero-order valence-corrected chi connectivity index (χ0v) is 17.7. The van der Waals surface area contributed by atoms with Crippen LogP contribution in [0.3, 0.4) is 0 Å². The van der Waals surface area contributed by atoms with Gasteiger partial charge in [-0.3, -0.25) is 10.1 Å². The van der Waals surface area contributed by atoms with E-state index < -0.39 is 4.92 Å². The Labute approximate surface area is 185 Å². The quantitative estimate of drug-likeness (QED) is 0.230. The van der Waals surface area contributed by atoms with E-state index in [0.29, 0.717) is 17.2 Å². The first-order valence-corrected chi connectivity index (χ1v) is 10.0. The van der Waals surface area contributed by atoms with Crippen molar-refractivity contribution in [2.45, 2.75) is 6.92 Å². The number of hydrazone groups is 1. The summed E-state index contributed by atoms with van der Waals surface area (Å²) in [5.74, 6) is 0.426. The molecule has 158 valence electrons. The second kappa shape index (κ2) is 9.18. The molecule has 0 spiro atoms.